The van der Waals surface area contributed by atoms with Gasteiger partial charge in [-0.05, 0) is 31.5 Å². The van der Waals surface area contributed by atoms with Crippen molar-refractivity contribution in [1.29, 1.82) is 0 Å². The van der Waals surface area contributed by atoms with E-state index in [0.29, 0.717) is 12.1 Å². The Morgan fingerprint density at radius 1 is 1.40 bits per heavy atom. The number of hydrogen-bond donors (Lipinski definition) is 1. The molecule has 0 saturated heterocycles. The van der Waals surface area contributed by atoms with E-state index in [4.69, 9.17) is 0 Å². The second-order valence-electron chi connectivity index (χ2n) is 3.50. The topological polar surface area (TPSA) is 12.0 Å². The Kier molecular flexibility index (Phi) is 5.19. The molecule has 0 aliphatic carbocycles. The third kappa shape index (κ3) is 4.26. The molecule has 0 spiro atoms. The molecule has 84 valence electrons. The molecule has 1 aromatic carbocycles. The summed E-state index contributed by atoms with van der Waals surface area (Å²) >= 11 is 3.33. The van der Waals surface area contributed by atoms with Gasteiger partial charge in [-0.15, -0.1) is 0 Å². The van der Waals surface area contributed by atoms with Gasteiger partial charge in [-0.1, -0.05) is 15.9 Å². The Hall–Kier alpha value is -0.480. The zero-order chi connectivity index (χ0) is 11.3. The van der Waals surface area contributed by atoms with Crippen molar-refractivity contribution in [2.75, 3.05) is 5.33 Å². The van der Waals surface area contributed by atoms with Crippen molar-refractivity contribution in [3.05, 3.63) is 35.4 Å². The highest BCUT2D eigenvalue weighted by molar-refractivity contribution is 9.09. The fourth-order valence-electron chi connectivity index (χ4n) is 1.23. The zero-order valence-electron chi connectivity index (χ0n) is 8.56. The summed E-state index contributed by atoms with van der Waals surface area (Å²) in [5.41, 5.74) is 0.372. The largest absolute Gasteiger partial charge is 0.310 e. The van der Waals surface area contributed by atoms with E-state index in [1.165, 1.54) is 6.07 Å². The van der Waals surface area contributed by atoms with E-state index in [9.17, 15) is 8.78 Å². The van der Waals surface area contributed by atoms with Crippen LogP contribution in [0.1, 0.15) is 18.9 Å². The second-order valence-corrected chi connectivity index (χ2v) is 4.29. The summed E-state index contributed by atoms with van der Waals surface area (Å²) in [6, 6.07) is 3.79. The number of hydrogen-bond acceptors (Lipinski definition) is 1. The lowest BCUT2D eigenvalue weighted by molar-refractivity contribution is 0.515. The third-order valence-electron chi connectivity index (χ3n) is 2.19. The van der Waals surface area contributed by atoms with Crippen LogP contribution >= 0.6 is 15.9 Å². The highest BCUT2D eigenvalue weighted by Crippen LogP contribution is 2.09. The number of benzene rings is 1. The van der Waals surface area contributed by atoms with Gasteiger partial charge in [0.15, 0.2) is 0 Å². The molecular weight excluding hydrogens is 264 g/mol. The lowest BCUT2D eigenvalue weighted by Gasteiger charge is -2.12. The van der Waals surface area contributed by atoms with Crippen LogP contribution in [-0.4, -0.2) is 11.4 Å². The fourth-order valence-corrected chi connectivity index (χ4v) is 1.92. The van der Waals surface area contributed by atoms with Gasteiger partial charge >= 0.3 is 0 Å². The van der Waals surface area contributed by atoms with Crippen molar-refractivity contribution >= 4 is 15.9 Å². The maximum Gasteiger partial charge on any atom is 0.127 e. The molecule has 0 saturated carbocycles. The van der Waals surface area contributed by atoms with Crippen molar-refractivity contribution in [2.24, 2.45) is 0 Å². The molecular formula is C11H14BrF2N. The number of alkyl halides is 1. The minimum atomic E-state index is -0.402. The number of nitrogens with one attached hydrogen (secondary N) is 1. The Bertz CT molecular complexity index is 317. The first kappa shape index (κ1) is 12.6. The predicted molar refractivity (Wildman–Crippen MR) is 61.1 cm³/mol. The minimum absolute atomic E-state index is 0.284. The third-order valence-corrected chi connectivity index (χ3v) is 2.65. The first-order valence-electron chi connectivity index (χ1n) is 4.86. The van der Waals surface area contributed by atoms with E-state index in [2.05, 4.69) is 21.2 Å². The summed E-state index contributed by atoms with van der Waals surface area (Å²) in [6.45, 7) is 2.37. The van der Waals surface area contributed by atoms with E-state index >= 15 is 0 Å². The van der Waals surface area contributed by atoms with Gasteiger partial charge in [-0.25, -0.2) is 8.78 Å². The predicted octanol–water partition coefficient (Wildman–Crippen LogP) is 3.23. The maximum absolute atomic E-state index is 13.2. The molecule has 0 fully saturated rings. The van der Waals surface area contributed by atoms with Crippen LogP contribution in [0.15, 0.2) is 18.2 Å². The highest BCUT2D eigenvalue weighted by Gasteiger charge is 2.05. The van der Waals surface area contributed by atoms with Crippen LogP contribution in [0.2, 0.25) is 0 Å². The van der Waals surface area contributed by atoms with Gasteiger partial charge in [0.05, 0.1) is 0 Å². The number of rotatable bonds is 5. The summed E-state index contributed by atoms with van der Waals surface area (Å²) < 4.78 is 26.0. The molecule has 0 amide bonds. The minimum Gasteiger partial charge on any atom is -0.310 e. The summed E-state index contributed by atoms with van der Waals surface area (Å²) in [5, 5.41) is 4.03. The average molecular weight is 278 g/mol. The molecule has 0 aromatic heterocycles. The first-order chi connectivity index (χ1) is 7.13. The van der Waals surface area contributed by atoms with Gasteiger partial charge in [0.2, 0.25) is 0 Å². The molecule has 1 rings (SSSR count). The van der Waals surface area contributed by atoms with E-state index in [-0.39, 0.29) is 11.9 Å². The highest BCUT2D eigenvalue weighted by atomic mass is 79.9. The lowest BCUT2D eigenvalue weighted by atomic mass is 10.2. The molecule has 0 aliphatic heterocycles. The smallest absolute Gasteiger partial charge is 0.127 e. The molecule has 4 heteroatoms. The Balaban J connectivity index is 2.53. The molecule has 15 heavy (non-hydrogen) atoms. The Morgan fingerprint density at radius 2 is 2.13 bits per heavy atom. The zero-order valence-corrected chi connectivity index (χ0v) is 10.2. The Morgan fingerprint density at radius 3 is 2.80 bits per heavy atom. The van der Waals surface area contributed by atoms with Crippen LogP contribution in [0, 0.1) is 11.6 Å². The van der Waals surface area contributed by atoms with Crippen molar-refractivity contribution in [2.45, 2.75) is 25.9 Å². The van der Waals surface area contributed by atoms with Crippen LogP contribution < -0.4 is 5.32 Å². The quantitative estimate of drug-likeness (QED) is 0.815. The van der Waals surface area contributed by atoms with Crippen LogP contribution in [0.5, 0.6) is 0 Å². The summed E-state index contributed by atoms with van der Waals surface area (Å²) in [5.74, 6) is -0.767. The SMILES string of the molecule is CC(CCBr)NCc1cc(F)ccc1F. The summed E-state index contributed by atoms with van der Waals surface area (Å²) in [4.78, 5) is 0. The van der Waals surface area contributed by atoms with Crippen molar-refractivity contribution in [3.63, 3.8) is 0 Å². The Labute approximate surface area is 97.0 Å². The van der Waals surface area contributed by atoms with Crippen molar-refractivity contribution in [1.82, 2.24) is 5.32 Å². The van der Waals surface area contributed by atoms with Gasteiger partial charge in [0.1, 0.15) is 11.6 Å². The van der Waals surface area contributed by atoms with Crippen LogP contribution in [0.4, 0.5) is 8.78 Å². The van der Waals surface area contributed by atoms with Gasteiger partial charge in [0.25, 0.3) is 0 Å². The molecule has 0 bridgehead atoms. The molecule has 0 heterocycles. The molecule has 1 aromatic rings. The van der Waals surface area contributed by atoms with E-state index in [0.717, 1.165) is 23.9 Å². The normalized spacial score (nSPS) is 12.8. The van der Waals surface area contributed by atoms with Crippen molar-refractivity contribution in [3.8, 4) is 0 Å². The molecule has 1 N–H and O–H groups in total. The van der Waals surface area contributed by atoms with Crippen LogP contribution in [0.25, 0.3) is 0 Å². The van der Waals surface area contributed by atoms with E-state index < -0.39 is 5.82 Å². The lowest BCUT2D eigenvalue weighted by Crippen LogP contribution is -2.26. The first-order valence-corrected chi connectivity index (χ1v) is 5.99. The maximum atomic E-state index is 13.2. The second kappa shape index (κ2) is 6.18. The standard InChI is InChI=1S/C11H14BrF2N/c1-8(4-5-12)15-7-9-6-10(13)2-3-11(9)14/h2-3,6,8,15H,4-5,7H2,1H3. The van der Waals surface area contributed by atoms with E-state index in [1.54, 1.807) is 0 Å². The molecule has 1 nitrogen and oxygen atoms in total. The van der Waals surface area contributed by atoms with Crippen molar-refractivity contribution < 1.29 is 8.78 Å². The van der Waals surface area contributed by atoms with Crippen LogP contribution in [0.3, 0.4) is 0 Å². The molecule has 1 atom stereocenters. The molecule has 0 radical (unpaired) electrons. The molecule has 1 unspecified atom stereocenters. The fraction of sp³-hybridized carbons (Fsp3) is 0.455. The van der Waals surface area contributed by atoms with Crippen LogP contribution in [-0.2, 0) is 6.54 Å². The summed E-state index contributed by atoms with van der Waals surface area (Å²) in [7, 11) is 0. The summed E-state index contributed by atoms with van der Waals surface area (Å²) in [6.07, 6.45) is 0.955. The average Bonchev–Trinajstić information content (AvgIpc) is 2.20. The molecule has 0 aliphatic rings. The van der Waals surface area contributed by atoms with Gasteiger partial charge < -0.3 is 5.32 Å². The van der Waals surface area contributed by atoms with Gasteiger partial charge in [-0.2, -0.15) is 0 Å². The monoisotopic (exact) mass is 277 g/mol. The van der Waals surface area contributed by atoms with Gasteiger partial charge in [-0.3, -0.25) is 0 Å². The van der Waals surface area contributed by atoms with E-state index in [1.807, 2.05) is 6.92 Å². The number of halogens is 3. The van der Waals surface area contributed by atoms with Gasteiger partial charge in [0, 0.05) is 23.5 Å².